The topological polar surface area (TPSA) is 126 Å². The molecule has 2 N–H and O–H groups in total. The van der Waals surface area contributed by atoms with Crippen molar-refractivity contribution in [3.63, 3.8) is 0 Å². The number of nitrogens with zero attached hydrogens (tertiary/aromatic N) is 4. The normalized spacial score (nSPS) is 11.4. The molecule has 2 aromatic heterocycles. The number of hydrogen-bond donors (Lipinski definition) is 1. The van der Waals surface area contributed by atoms with Crippen LogP contribution in [0.25, 0.3) is 0 Å². The van der Waals surface area contributed by atoms with Crippen LogP contribution in [-0.4, -0.2) is 26.5 Å². The molecule has 0 spiro atoms. The van der Waals surface area contributed by atoms with Crippen molar-refractivity contribution >= 4 is 29.0 Å². The van der Waals surface area contributed by atoms with Crippen LogP contribution in [0.15, 0.2) is 28.7 Å². The molecule has 0 fully saturated rings. The van der Waals surface area contributed by atoms with Crippen molar-refractivity contribution < 1.29 is 14.6 Å². The molecule has 0 radical (unpaired) electrons. The van der Waals surface area contributed by atoms with Gasteiger partial charge in [0.05, 0.1) is 34.7 Å². The van der Waals surface area contributed by atoms with E-state index in [1.807, 2.05) is 5.38 Å². The van der Waals surface area contributed by atoms with E-state index < -0.39 is 10.9 Å². The number of aryl methyl sites for hydroxylation is 2. The average molecular weight is 323 g/mol. The van der Waals surface area contributed by atoms with Crippen molar-refractivity contribution in [2.45, 2.75) is 19.9 Å². The Morgan fingerprint density at radius 3 is 3.00 bits per heavy atom. The van der Waals surface area contributed by atoms with E-state index in [4.69, 9.17) is 10.6 Å². The second-order valence-electron chi connectivity index (χ2n) is 4.29. The maximum atomic E-state index is 11.6. The van der Waals surface area contributed by atoms with Crippen molar-refractivity contribution in [1.82, 2.24) is 9.78 Å². The van der Waals surface area contributed by atoms with Crippen molar-refractivity contribution in [2.24, 2.45) is 10.9 Å². The number of nitro groups is 1. The van der Waals surface area contributed by atoms with Gasteiger partial charge in [0.2, 0.25) is 0 Å². The summed E-state index contributed by atoms with van der Waals surface area (Å²) in [6, 6.07) is 4.89. The quantitative estimate of drug-likeness (QED) is 0.282. The zero-order valence-electron chi connectivity index (χ0n) is 11.6. The summed E-state index contributed by atoms with van der Waals surface area (Å²) in [5, 5.41) is 19.7. The number of carbonyl (C=O) groups is 1. The largest absolute Gasteiger partial charge is 0.390 e. The fourth-order valence-electron chi connectivity index (χ4n) is 1.62. The molecule has 2 rings (SSSR count). The lowest BCUT2D eigenvalue weighted by Gasteiger charge is -1.99. The third-order valence-electron chi connectivity index (χ3n) is 2.70. The molecule has 0 aromatic carbocycles. The van der Waals surface area contributed by atoms with Crippen LogP contribution < -0.4 is 5.73 Å². The van der Waals surface area contributed by atoms with Crippen molar-refractivity contribution in [2.75, 3.05) is 0 Å². The monoisotopic (exact) mass is 323 g/mol. The van der Waals surface area contributed by atoms with Gasteiger partial charge in [0.1, 0.15) is 0 Å². The first kappa shape index (κ1) is 15.6. The van der Waals surface area contributed by atoms with Gasteiger partial charge in [-0.3, -0.25) is 0 Å². The Balaban J connectivity index is 1.88. The minimum absolute atomic E-state index is 0.0269. The van der Waals surface area contributed by atoms with Crippen LogP contribution in [0.3, 0.4) is 0 Å². The summed E-state index contributed by atoms with van der Waals surface area (Å²) in [6.45, 7) is 1.82. The molecule has 2 heterocycles. The van der Waals surface area contributed by atoms with E-state index in [1.165, 1.54) is 22.1 Å². The van der Waals surface area contributed by atoms with Gasteiger partial charge in [0.25, 0.3) is 0 Å². The Morgan fingerprint density at radius 2 is 2.41 bits per heavy atom. The summed E-state index contributed by atoms with van der Waals surface area (Å²) >= 11 is 1.38. The molecule has 0 saturated heterocycles. The van der Waals surface area contributed by atoms with Gasteiger partial charge in [-0.25, -0.2) is 4.79 Å². The van der Waals surface area contributed by atoms with E-state index in [0.29, 0.717) is 10.6 Å². The highest BCUT2D eigenvalue weighted by molar-refractivity contribution is 7.12. The van der Waals surface area contributed by atoms with Gasteiger partial charge in [-0.15, -0.1) is 11.3 Å². The molecule has 0 atom stereocenters. The van der Waals surface area contributed by atoms with Gasteiger partial charge in [-0.05, 0) is 23.3 Å². The Kier molecular flexibility index (Phi) is 4.84. The highest BCUT2D eigenvalue weighted by atomic mass is 32.1. The van der Waals surface area contributed by atoms with Crippen LogP contribution in [0.2, 0.25) is 0 Å². The summed E-state index contributed by atoms with van der Waals surface area (Å²) in [5.41, 5.74) is 6.23. The smallest absolute Gasteiger partial charge is 0.380 e. The second kappa shape index (κ2) is 6.80. The third kappa shape index (κ3) is 3.88. The minimum atomic E-state index is -0.600. The lowest BCUT2D eigenvalue weighted by molar-refractivity contribution is -0.389. The van der Waals surface area contributed by atoms with Gasteiger partial charge >= 0.3 is 11.8 Å². The molecular formula is C12H13N5O4S. The van der Waals surface area contributed by atoms with Gasteiger partial charge in [0.15, 0.2) is 5.84 Å². The number of aromatic nitrogens is 2. The summed E-state index contributed by atoms with van der Waals surface area (Å²) in [7, 11) is 0. The van der Waals surface area contributed by atoms with Gasteiger partial charge in [-0.1, -0.05) is 11.2 Å². The minimum Gasteiger partial charge on any atom is -0.380 e. The molecule has 9 nitrogen and oxygen atoms in total. The van der Waals surface area contributed by atoms with Crippen molar-refractivity contribution in [1.29, 1.82) is 0 Å². The molecule has 0 amide bonds. The van der Waals surface area contributed by atoms with Crippen LogP contribution in [0.4, 0.5) is 5.82 Å². The third-order valence-corrected chi connectivity index (χ3v) is 3.59. The van der Waals surface area contributed by atoms with Gasteiger partial charge < -0.3 is 20.7 Å². The summed E-state index contributed by atoms with van der Waals surface area (Å²) in [4.78, 5) is 27.0. The summed E-state index contributed by atoms with van der Waals surface area (Å²) in [5.74, 6) is -0.739. The Labute approximate surface area is 129 Å². The highest BCUT2D eigenvalue weighted by Crippen LogP contribution is 2.11. The number of rotatable bonds is 6. The van der Waals surface area contributed by atoms with E-state index in [9.17, 15) is 14.9 Å². The first-order valence-electron chi connectivity index (χ1n) is 6.23. The summed E-state index contributed by atoms with van der Waals surface area (Å²) < 4.78 is 1.37. The molecule has 2 aromatic rings. The zero-order valence-corrected chi connectivity index (χ0v) is 12.4. The molecule has 10 heteroatoms. The average Bonchev–Trinajstić information content (AvgIpc) is 3.12. The first-order valence-corrected chi connectivity index (χ1v) is 7.11. The highest BCUT2D eigenvalue weighted by Gasteiger charge is 2.16. The van der Waals surface area contributed by atoms with Crippen molar-refractivity contribution in [3.8, 4) is 0 Å². The lowest BCUT2D eigenvalue weighted by atomic mass is 10.4. The maximum Gasteiger partial charge on any atom is 0.390 e. The first-order chi connectivity index (χ1) is 10.5. The van der Waals surface area contributed by atoms with Crippen LogP contribution in [0.5, 0.6) is 0 Å². The van der Waals surface area contributed by atoms with E-state index in [1.54, 1.807) is 19.1 Å². The SMILES string of the molecule is Cc1cc([N+](=O)[O-])nn1CCC(=O)O/N=C(\N)c1cccs1. The van der Waals surface area contributed by atoms with Gasteiger partial charge in [-0.2, -0.15) is 4.68 Å². The molecule has 0 aliphatic rings. The Morgan fingerprint density at radius 1 is 1.64 bits per heavy atom. The van der Waals surface area contributed by atoms with Crippen LogP contribution >= 0.6 is 11.3 Å². The fraction of sp³-hybridized carbons (Fsp3) is 0.250. The fourth-order valence-corrected chi connectivity index (χ4v) is 2.24. The number of hydrogen-bond acceptors (Lipinski definition) is 7. The number of amidine groups is 1. The van der Waals surface area contributed by atoms with E-state index in [0.717, 1.165) is 0 Å². The van der Waals surface area contributed by atoms with E-state index in [-0.39, 0.29) is 24.6 Å². The Bertz CT molecular complexity index is 707. The van der Waals surface area contributed by atoms with E-state index in [2.05, 4.69) is 10.3 Å². The molecule has 0 aliphatic carbocycles. The van der Waals surface area contributed by atoms with Crippen LogP contribution in [0, 0.1) is 17.0 Å². The Hall–Kier alpha value is -2.75. The molecule has 116 valence electrons. The molecule has 0 unspecified atom stereocenters. The van der Waals surface area contributed by atoms with Crippen LogP contribution in [-0.2, 0) is 16.2 Å². The predicted molar refractivity (Wildman–Crippen MR) is 79.4 cm³/mol. The van der Waals surface area contributed by atoms with E-state index >= 15 is 0 Å². The zero-order chi connectivity index (χ0) is 16.1. The van der Waals surface area contributed by atoms with Crippen molar-refractivity contribution in [3.05, 3.63) is 44.3 Å². The number of nitrogens with two attached hydrogens (primary N) is 1. The molecule has 22 heavy (non-hydrogen) atoms. The number of thiophene rings is 1. The number of carbonyl (C=O) groups excluding carboxylic acids is 1. The summed E-state index contributed by atoms with van der Waals surface area (Å²) in [6.07, 6.45) is -0.0269. The second-order valence-corrected chi connectivity index (χ2v) is 5.24. The molecule has 0 bridgehead atoms. The van der Waals surface area contributed by atoms with Crippen LogP contribution in [0.1, 0.15) is 17.0 Å². The standard InChI is InChI=1S/C12H13N5O4S/c1-8-7-10(17(19)20)14-16(8)5-4-11(18)21-15-12(13)9-3-2-6-22-9/h2-3,6-7H,4-5H2,1H3,(H2,13,15). The maximum absolute atomic E-state index is 11.6. The number of oxime groups is 1. The predicted octanol–water partition coefficient (Wildman–Crippen LogP) is 1.42. The van der Waals surface area contributed by atoms with Gasteiger partial charge in [0, 0.05) is 0 Å². The molecular weight excluding hydrogens is 310 g/mol. The lowest BCUT2D eigenvalue weighted by Crippen LogP contribution is -2.15. The molecule has 0 aliphatic heterocycles. The molecule has 0 saturated carbocycles.